The maximum atomic E-state index is 5.58. The molecule has 1 N–H and O–H groups in total. The average molecular weight is 263 g/mol. The van der Waals surface area contributed by atoms with E-state index in [0.717, 1.165) is 25.8 Å². The number of hydrogen-bond donors (Lipinski definition) is 1. The van der Waals surface area contributed by atoms with E-state index in [0.29, 0.717) is 5.41 Å². The summed E-state index contributed by atoms with van der Waals surface area (Å²) in [6.07, 6.45) is 7.93. The van der Waals surface area contributed by atoms with Crippen LogP contribution in [0.1, 0.15) is 48.1 Å². The van der Waals surface area contributed by atoms with Gasteiger partial charge >= 0.3 is 0 Å². The Labute approximate surface area is 113 Å². The molecule has 3 aliphatic rings. The molecule has 18 heavy (non-hydrogen) atoms. The molecule has 1 spiro atoms. The van der Waals surface area contributed by atoms with Crippen LogP contribution in [0.5, 0.6) is 0 Å². The average Bonchev–Trinajstić information content (AvgIpc) is 3.05. The van der Waals surface area contributed by atoms with Crippen LogP contribution in [0.4, 0.5) is 0 Å². The third-order valence-corrected chi connectivity index (χ3v) is 6.01. The molecule has 0 radical (unpaired) electrons. The van der Waals surface area contributed by atoms with Crippen LogP contribution in [0.3, 0.4) is 0 Å². The van der Waals surface area contributed by atoms with E-state index in [9.17, 15) is 0 Å². The molecule has 0 amide bonds. The molecule has 0 unspecified atom stereocenters. The topological polar surface area (TPSA) is 21.3 Å². The molecule has 0 aromatic carbocycles. The van der Waals surface area contributed by atoms with Gasteiger partial charge in [0.2, 0.25) is 0 Å². The number of nitrogens with one attached hydrogen (secondary N) is 1. The summed E-state index contributed by atoms with van der Waals surface area (Å²) >= 11 is 2.00. The maximum Gasteiger partial charge on any atom is 0.0474 e. The van der Waals surface area contributed by atoms with Gasteiger partial charge in [0.15, 0.2) is 0 Å². The molecule has 1 saturated heterocycles. The summed E-state index contributed by atoms with van der Waals surface area (Å²) in [5.41, 5.74) is 3.80. The van der Waals surface area contributed by atoms with Crippen molar-refractivity contribution in [2.45, 2.75) is 56.5 Å². The first kappa shape index (κ1) is 11.4. The van der Waals surface area contributed by atoms with Gasteiger partial charge in [-0.3, -0.25) is 0 Å². The van der Waals surface area contributed by atoms with Gasteiger partial charge in [0, 0.05) is 36.1 Å². The van der Waals surface area contributed by atoms with Gasteiger partial charge in [-0.15, -0.1) is 11.3 Å². The van der Waals surface area contributed by atoms with Crippen LogP contribution in [0.25, 0.3) is 0 Å². The Morgan fingerprint density at radius 3 is 2.89 bits per heavy atom. The molecule has 1 aliphatic heterocycles. The lowest BCUT2D eigenvalue weighted by Crippen LogP contribution is -2.32. The van der Waals surface area contributed by atoms with Gasteiger partial charge in [0.1, 0.15) is 0 Å². The minimum absolute atomic E-state index is 0.480. The van der Waals surface area contributed by atoms with Crippen LogP contribution < -0.4 is 5.32 Å². The lowest BCUT2D eigenvalue weighted by molar-refractivity contribution is 0.0503. The zero-order valence-electron chi connectivity index (χ0n) is 10.8. The van der Waals surface area contributed by atoms with Gasteiger partial charge in [0.05, 0.1) is 0 Å². The van der Waals surface area contributed by atoms with Crippen molar-refractivity contribution in [2.24, 2.45) is 0 Å². The summed E-state index contributed by atoms with van der Waals surface area (Å²) in [4.78, 5) is 1.67. The van der Waals surface area contributed by atoms with Gasteiger partial charge in [-0.25, -0.2) is 0 Å². The van der Waals surface area contributed by atoms with Crippen LogP contribution in [-0.4, -0.2) is 19.3 Å². The molecule has 2 heterocycles. The highest BCUT2D eigenvalue weighted by Gasteiger charge is 2.42. The highest BCUT2D eigenvalue weighted by atomic mass is 32.1. The number of rotatable bonds is 3. The minimum atomic E-state index is 0.480. The van der Waals surface area contributed by atoms with Crippen molar-refractivity contribution >= 4 is 11.3 Å². The lowest BCUT2D eigenvalue weighted by Gasteiger charge is -2.35. The van der Waals surface area contributed by atoms with Crippen LogP contribution in [0.2, 0.25) is 0 Å². The van der Waals surface area contributed by atoms with Gasteiger partial charge in [0.25, 0.3) is 0 Å². The highest BCUT2D eigenvalue weighted by molar-refractivity contribution is 7.10. The second-order valence-corrected chi connectivity index (χ2v) is 7.07. The molecule has 3 heteroatoms. The first-order valence-electron chi connectivity index (χ1n) is 7.28. The Hall–Kier alpha value is -0.380. The predicted octanol–water partition coefficient (Wildman–Crippen LogP) is 2.99. The Morgan fingerprint density at radius 1 is 1.28 bits per heavy atom. The largest absolute Gasteiger partial charge is 0.381 e. The molecule has 0 atom stereocenters. The number of aryl methyl sites for hydroxylation is 1. The molecule has 2 nitrogen and oxygen atoms in total. The van der Waals surface area contributed by atoms with Crippen LogP contribution in [-0.2, 0) is 23.1 Å². The third-order valence-electron chi connectivity index (χ3n) is 4.91. The first-order chi connectivity index (χ1) is 8.87. The van der Waals surface area contributed by atoms with Crippen molar-refractivity contribution in [3.8, 4) is 0 Å². The quantitative estimate of drug-likeness (QED) is 0.905. The van der Waals surface area contributed by atoms with E-state index in [4.69, 9.17) is 4.74 Å². The van der Waals surface area contributed by atoms with Crippen molar-refractivity contribution in [1.29, 1.82) is 0 Å². The highest BCUT2D eigenvalue weighted by Crippen LogP contribution is 2.49. The molecule has 0 bridgehead atoms. The second-order valence-electron chi connectivity index (χ2n) is 6.11. The van der Waals surface area contributed by atoms with Crippen LogP contribution in [0.15, 0.2) is 5.38 Å². The van der Waals surface area contributed by atoms with Crippen molar-refractivity contribution in [3.05, 3.63) is 21.4 Å². The molecule has 1 saturated carbocycles. The second kappa shape index (κ2) is 4.32. The van der Waals surface area contributed by atoms with Crippen molar-refractivity contribution in [3.63, 3.8) is 0 Å². The zero-order valence-corrected chi connectivity index (χ0v) is 11.7. The Morgan fingerprint density at radius 2 is 2.11 bits per heavy atom. The molecular formula is C15H21NOS. The van der Waals surface area contributed by atoms with Crippen molar-refractivity contribution in [2.75, 3.05) is 13.2 Å². The summed E-state index contributed by atoms with van der Waals surface area (Å²) in [7, 11) is 0. The summed E-state index contributed by atoms with van der Waals surface area (Å²) in [6.45, 7) is 3.02. The number of fused-ring (bicyclic) bond motifs is 2. The standard InChI is InChI=1S/C15H21NOS/c1-2-12(1)16-9-11-10-18-13-3-4-15(14(11)13)5-7-17-8-6-15/h10,12,16H,1-9H2. The molecule has 1 aromatic heterocycles. The van der Waals surface area contributed by atoms with E-state index >= 15 is 0 Å². The fourth-order valence-electron chi connectivity index (χ4n) is 3.67. The number of hydrogen-bond acceptors (Lipinski definition) is 3. The first-order valence-corrected chi connectivity index (χ1v) is 8.16. The van der Waals surface area contributed by atoms with Crippen molar-refractivity contribution < 1.29 is 4.74 Å². The SMILES string of the molecule is c1sc2c(c1CNC1CC1)C1(CCOCC1)CC2. The Balaban J connectivity index is 1.61. The van der Waals surface area contributed by atoms with Crippen LogP contribution in [0, 0.1) is 0 Å². The fourth-order valence-corrected chi connectivity index (χ4v) is 4.84. The third kappa shape index (κ3) is 1.84. The molecule has 4 rings (SSSR count). The molecule has 2 aliphatic carbocycles. The van der Waals surface area contributed by atoms with Gasteiger partial charge < -0.3 is 10.1 Å². The van der Waals surface area contributed by atoms with Crippen molar-refractivity contribution in [1.82, 2.24) is 5.32 Å². The summed E-state index contributed by atoms with van der Waals surface area (Å²) in [5, 5.41) is 6.10. The van der Waals surface area contributed by atoms with Gasteiger partial charge in [-0.2, -0.15) is 0 Å². The lowest BCUT2D eigenvalue weighted by atomic mass is 9.74. The molecule has 98 valence electrons. The van der Waals surface area contributed by atoms with E-state index in [1.165, 1.54) is 38.5 Å². The van der Waals surface area contributed by atoms with E-state index < -0.39 is 0 Å². The smallest absolute Gasteiger partial charge is 0.0474 e. The fraction of sp³-hybridized carbons (Fsp3) is 0.733. The summed E-state index contributed by atoms with van der Waals surface area (Å²) < 4.78 is 5.58. The van der Waals surface area contributed by atoms with Gasteiger partial charge in [-0.1, -0.05) is 0 Å². The Bertz CT molecular complexity index is 443. The minimum Gasteiger partial charge on any atom is -0.381 e. The Kier molecular flexibility index (Phi) is 2.75. The summed E-state index contributed by atoms with van der Waals surface area (Å²) in [5.74, 6) is 0. The zero-order chi connectivity index (χ0) is 12.0. The van der Waals surface area contributed by atoms with Crippen LogP contribution >= 0.6 is 11.3 Å². The normalized spacial score (nSPS) is 25.6. The number of ether oxygens (including phenoxy) is 1. The monoisotopic (exact) mass is 263 g/mol. The molecular weight excluding hydrogens is 242 g/mol. The van der Waals surface area contributed by atoms with E-state index in [2.05, 4.69) is 10.7 Å². The molecule has 2 fully saturated rings. The predicted molar refractivity (Wildman–Crippen MR) is 74.2 cm³/mol. The van der Waals surface area contributed by atoms with E-state index in [1.807, 2.05) is 11.3 Å². The summed E-state index contributed by atoms with van der Waals surface area (Å²) in [6, 6.07) is 0.813. The molecule has 1 aromatic rings. The van der Waals surface area contributed by atoms with E-state index in [1.54, 1.807) is 16.0 Å². The number of thiophene rings is 1. The van der Waals surface area contributed by atoms with E-state index in [-0.39, 0.29) is 0 Å². The maximum absolute atomic E-state index is 5.58. The van der Waals surface area contributed by atoms with Gasteiger partial charge in [-0.05, 0) is 55.0 Å².